The lowest BCUT2D eigenvalue weighted by atomic mass is 10.1. The number of halogens is 3. The minimum Gasteiger partial charge on any atom is -0.491 e. The second-order valence-corrected chi connectivity index (χ2v) is 9.04. The summed E-state index contributed by atoms with van der Waals surface area (Å²) < 4.78 is 18.9. The van der Waals surface area contributed by atoms with Gasteiger partial charge in [-0.05, 0) is 55.3 Å². The predicted molar refractivity (Wildman–Crippen MR) is 127 cm³/mol. The van der Waals surface area contributed by atoms with E-state index in [1.54, 1.807) is 24.3 Å². The summed E-state index contributed by atoms with van der Waals surface area (Å²) in [5.74, 6) is -0.166. The number of carbonyl (C=O) groups is 1. The molecule has 2 aromatic carbocycles. The molecule has 1 aliphatic heterocycles. The number of pyridine rings is 1. The minimum absolute atomic E-state index is 0.0272. The van der Waals surface area contributed by atoms with E-state index in [1.165, 1.54) is 12.1 Å². The van der Waals surface area contributed by atoms with E-state index in [9.17, 15) is 14.3 Å². The fourth-order valence-corrected chi connectivity index (χ4v) is 4.20. The third kappa shape index (κ3) is 6.32. The molecular weight excluding hydrogens is 468 g/mol. The van der Waals surface area contributed by atoms with Crippen molar-refractivity contribution in [3.63, 3.8) is 0 Å². The number of aromatic nitrogens is 1. The van der Waals surface area contributed by atoms with Gasteiger partial charge in [0.2, 0.25) is 0 Å². The molecule has 0 aliphatic carbocycles. The normalized spacial score (nSPS) is 17.3. The number of fused-ring (bicyclic) bond motifs is 1. The average molecular weight is 492 g/mol. The number of amides is 1. The van der Waals surface area contributed by atoms with Crippen molar-refractivity contribution < 1.29 is 19.0 Å². The van der Waals surface area contributed by atoms with Gasteiger partial charge in [-0.3, -0.25) is 4.79 Å². The zero-order valence-electron chi connectivity index (χ0n) is 17.8. The quantitative estimate of drug-likeness (QED) is 0.494. The first-order valence-electron chi connectivity index (χ1n) is 10.7. The van der Waals surface area contributed by atoms with Gasteiger partial charge in [0.25, 0.3) is 5.91 Å². The van der Waals surface area contributed by atoms with Crippen LogP contribution in [0.25, 0.3) is 10.9 Å². The molecule has 174 valence electrons. The smallest absolute Gasteiger partial charge is 0.269 e. The van der Waals surface area contributed by atoms with Crippen molar-refractivity contribution in [2.24, 2.45) is 5.92 Å². The number of carbonyl (C=O) groups excluding carboxylic acids is 1. The third-order valence-corrected chi connectivity index (χ3v) is 6.15. The first-order chi connectivity index (χ1) is 15.9. The number of rotatable bonds is 8. The van der Waals surface area contributed by atoms with Gasteiger partial charge in [-0.2, -0.15) is 0 Å². The van der Waals surface area contributed by atoms with E-state index in [0.29, 0.717) is 29.6 Å². The number of nitrogens with one attached hydrogen (secondary N) is 1. The van der Waals surface area contributed by atoms with Crippen LogP contribution in [0.15, 0.2) is 48.5 Å². The molecule has 3 aromatic rings. The second kappa shape index (κ2) is 10.7. The number of hydrogen-bond acceptors (Lipinski definition) is 5. The Morgan fingerprint density at radius 2 is 2.09 bits per heavy atom. The molecule has 6 nitrogen and oxygen atoms in total. The van der Waals surface area contributed by atoms with E-state index >= 15 is 0 Å². The summed E-state index contributed by atoms with van der Waals surface area (Å²) in [6.45, 7) is 2.61. The molecule has 1 amide bonds. The first kappa shape index (κ1) is 23.7. The average Bonchev–Trinajstić information content (AvgIpc) is 3.25. The lowest BCUT2D eigenvalue weighted by Gasteiger charge is -2.20. The molecule has 1 aromatic heterocycles. The molecule has 4 rings (SSSR count). The van der Waals surface area contributed by atoms with Gasteiger partial charge in [0.05, 0.1) is 10.5 Å². The van der Waals surface area contributed by atoms with Crippen molar-refractivity contribution in [1.82, 2.24) is 15.2 Å². The minimum atomic E-state index is -0.715. The van der Waals surface area contributed by atoms with Crippen molar-refractivity contribution in [2.75, 3.05) is 32.8 Å². The Bertz CT molecular complexity index is 1150. The summed E-state index contributed by atoms with van der Waals surface area (Å²) in [5, 5.41) is 14.8. The molecule has 1 fully saturated rings. The van der Waals surface area contributed by atoms with E-state index in [1.807, 2.05) is 12.1 Å². The topological polar surface area (TPSA) is 74.7 Å². The number of aliphatic hydroxyl groups is 1. The van der Waals surface area contributed by atoms with Crippen LogP contribution in [0.2, 0.25) is 10.0 Å². The third-order valence-electron chi connectivity index (χ3n) is 5.61. The molecule has 33 heavy (non-hydrogen) atoms. The van der Waals surface area contributed by atoms with Gasteiger partial charge in [-0.15, -0.1) is 0 Å². The zero-order chi connectivity index (χ0) is 23.4. The maximum Gasteiger partial charge on any atom is 0.269 e. The molecular formula is C24H24Cl2FN3O3. The van der Waals surface area contributed by atoms with E-state index in [0.717, 1.165) is 30.4 Å². The fraction of sp³-hybridized carbons (Fsp3) is 0.333. The summed E-state index contributed by atoms with van der Waals surface area (Å²) in [4.78, 5) is 19.1. The highest BCUT2D eigenvalue weighted by Crippen LogP contribution is 2.21. The van der Waals surface area contributed by atoms with Gasteiger partial charge in [-0.25, -0.2) is 9.37 Å². The van der Waals surface area contributed by atoms with Crippen LogP contribution in [0.4, 0.5) is 4.39 Å². The molecule has 0 spiro atoms. The van der Waals surface area contributed by atoms with E-state index in [-0.39, 0.29) is 23.5 Å². The van der Waals surface area contributed by atoms with Crippen molar-refractivity contribution in [1.29, 1.82) is 0 Å². The lowest BCUT2D eigenvalue weighted by Crippen LogP contribution is -2.36. The van der Waals surface area contributed by atoms with E-state index in [2.05, 4.69) is 15.2 Å². The monoisotopic (exact) mass is 491 g/mol. The largest absolute Gasteiger partial charge is 0.491 e. The molecule has 2 N–H and O–H groups in total. The van der Waals surface area contributed by atoms with Crippen molar-refractivity contribution >= 4 is 40.0 Å². The fourth-order valence-electron chi connectivity index (χ4n) is 3.91. The standard InChI is InChI=1S/C24H24Cl2FN3O3/c25-17-2-6-22-16(9-17)1-5-23(29-22)24(32)28-11-15-7-8-30(12-15)13-18(31)14-33-19-3-4-20(26)21(27)10-19/h1-6,9-10,15,18,31H,7-8,11-14H2,(H,28,32). The number of β-amino-alcohol motifs (C(OH)–C–C–N with tert-alkyl or cyclic N) is 1. The Balaban J connectivity index is 1.21. The lowest BCUT2D eigenvalue weighted by molar-refractivity contribution is 0.0743. The second-order valence-electron chi connectivity index (χ2n) is 8.20. The van der Waals surface area contributed by atoms with Gasteiger partial charge < -0.3 is 20.1 Å². The van der Waals surface area contributed by atoms with Gasteiger partial charge in [0, 0.05) is 36.1 Å². The van der Waals surface area contributed by atoms with Crippen LogP contribution >= 0.6 is 23.2 Å². The Morgan fingerprint density at radius 3 is 2.91 bits per heavy atom. The Kier molecular flexibility index (Phi) is 7.65. The highest BCUT2D eigenvalue weighted by Gasteiger charge is 2.25. The molecule has 1 aliphatic rings. The van der Waals surface area contributed by atoms with Crippen LogP contribution in [-0.4, -0.2) is 59.8 Å². The van der Waals surface area contributed by atoms with Crippen molar-refractivity contribution in [2.45, 2.75) is 12.5 Å². The van der Waals surface area contributed by atoms with Crippen LogP contribution in [0.5, 0.6) is 5.75 Å². The summed E-state index contributed by atoms with van der Waals surface area (Å²) in [7, 11) is 0. The molecule has 2 heterocycles. The highest BCUT2D eigenvalue weighted by atomic mass is 35.5. The van der Waals surface area contributed by atoms with Gasteiger partial charge in [-0.1, -0.05) is 29.3 Å². The number of nitrogens with zero attached hydrogens (tertiary/aromatic N) is 2. The van der Waals surface area contributed by atoms with Crippen LogP contribution < -0.4 is 10.1 Å². The molecule has 0 bridgehead atoms. The number of ether oxygens (including phenoxy) is 1. The van der Waals surface area contributed by atoms with Gasteiger partial charge >= 0.3 is 0 Å². The predicted octanol–water partition coefficient (Wildman–Crippen LogP) is 4.17. The molecule has 9 heteroatoms. The Morgan fingerprint density at radius 1 is 1.24 bits per heavy atom. The van der Waals surface area contributed by atoms with E-state index < -0.39 is 11.9 Å². The maximum absolute atomic E-state index is 13.5. The molecule has 0 radical (unpaired) electrons. The van der Waals surface area contributed by atoms with E-state index in [4.69, 9.17) is 27.9 Å². The van der Waals surface area contributed by atoms with Gasteiger partial charge in [0.1, 0.15) is 30.0 Å². The number of benzene rings is 2. The first-order valence-corrected chi connectivity index (χ1v) is 11.5. The van der Waals surface area contributed by atoms with Gasteiger partial charge in [0.15, 0.2) is 0 Å². The van der Waals surface area contributed by atoms with Crippen LogP contribution in [-0.2, 0) is 0 Å². The number of likely N-dealkylation sites (tertiary alicyclic amines) is 1. The summed E-state index contributed by atoms with van der Waals surface area (Å²) >= 11 is 11.6. The molecule has 2 unspecified atom stereocenters. The number of hydrogen-bond donors (Lipinski definition) is 2. The summed E-state index contributed by atoms with van der Waals surface area (Å²) in [6, 6.07) is 13.1. The number of aliphatic hydroxyl groups excluding tert-OH is 1. The van der Waals surface area contributed by atoms with Crippen LogP contribution in [0.3, 0.4) is 0 Å². The maximum atomic E-state index is 13.5. The van der Waals surface area contributed by atoms with Crippen molar-refractivity contribution in [3.8, 4) is 5.75 Å². The SMILES string of the molecule is O=C(NCC1CCN(CC(O)COc2ccc(Cl)c(F)c2)C1)c1ccc2cc(Cl)ccc2n1. The van der Waals surface area contributed by atoms with Crippen molar-refractivity contribution in [3.05, 3.63) is 70.1 Å². The molecule has 2 atom stereocenters. The highest BCUT2D eigenvalue weighted by molar-refractivity contribution is 6.31. The Hall–Kier alpha value is -2.45. The zero-order valence-corrected chi connectivity index (χ0v) is 19.3. The molecule has 1 saturated heterocycles. The summed E-state index contributed by atoms with van der Waals surface area (Å²) in [6.07, 6.45) is 0.201. The summed E-state index contributed by atoms with van der Waals surface area (Å²) in [5.41, 5.74) is 1.09. The van der Waals surface area contributed by atoms with Crippen LogP contribution in [0.1, 0.15) is 16.9 Å². The Labute approximate surface area is 201 Å². The molecule has 0 saturated carbocycles. The van der Waals surface area contributed by atoms with Crippen LogP contribution in [0, 0.1) is 11.7 Å².